The number of nitrogens with zero attached hydrogens (tertiary/aromatic N) is 1. The Morgan fingerprint density at radius 2 is 2.06 bits per heavy atom. The van der Waals surface area contributed by atoms with Gasteiger partial charge in [-0.1, -0.05) is 0 Å². The zero-order valence-electron chi connectivity index (χ0n) is 8.80. The number of rotatable bonds is 1. The average Bonchev–Trinajstić information content (AvgIpc) is 2.58. The summed E-state index contributed by atoms with van der Waals surface area (Å²) in [6, 6.07) is 1.65. The second-order valence-corrected chi connectivity index (χ2v) is 3.32. The fourth-order valence-electron chi connectivity index (χ4n) is 1.19. The first kappa shape index (κ1) is 13.7. The van der Waals surface area contributed by atoms with E-state index in [0.717, 1.165) is 0 Å². The number of ether oxygens (including phenoxy) is 1. The van der Waals surface area contributed by atoms with Crippen molar-refractivity contribution in [1.29, 1.82) is 0 Å². The molecule has 1 unspecified atom stereocenters. The summed E-state index contributed by atoms with van der Waals surface area (Å²) in [7, 11) is 0. The molecule has 0 amide bonds. The Morgan fingerprint density at radius 3 is 2.29 bits per heavy atom. The Hall–Kier alpha value is -1.32. The van der Waals surface area contributed by atoms with Gasteiger partial charge in [-0.05, 0) is 6.07 Å². The Balaban J connectivity index is 0.000000181. The van der Waals surface area contributed by atoms with Crippen LogP contribution in [-0.2, 0) is 4.74 Å². The maximum absolute atomic E-state index is 10.1. The highest BCUT2D eigenvalue weighted by Crippen LogP contribution is 2.18. The van der Waals surface area contributed by atoms with E-state index in [0.29, 0.717) is 0 Å². The van der Waals surface area contributed by atoms with Gasteiger partial charge in [0.15, 0.2) is 6.29 Å². The molecule has 0 aromatic carbocycles. The quantitative estimate of drug-likeness (QED) is 0.360. The smallest absolute Gasteiger partial charge is 0.344 e. The zero-order valence-corrected chi connectivity index (χ0v) is 8.80. The van der Waals surface area contributed by atoms with Crippen LogP contribution < -0.4 is 5.69 Å². The number of aromatic amines is 1. The van der Waals surface area contributed by atoms with E-state index < -0.39 is 31.2 Å². The first-order chi connectivity index (χ1) is 8.06. The molecule has 1 aromatic heterocycles. The highest BCUT2D eigenvalue weighted by atomic mass is 16.6. The average molecular weight is 246 g/mol. The summed E-state index contributed by atoms with van der Waals surface area (Å²) in [5.41, 5.74) is -0.303. The molecule has 2 rings (SSSR count). The normalized spacial score (nSPS) is 31.8. The van der Waals surface area contributed by atoms with Crippen molar-refractivity contribution in [3.63, 3.8) is 0 Å². The Kier molecular flexibility index (Phi) is 5.19. The highest BCUT2D eigenvalue weighted by molar-refractivity contribution is 4.84. The molecule has 1 aliphatic heterocycles. The maximum atomic E-state index is 10.1. The van der Waals surface area contributed by atoms with E-state index in [4.69, 9.17) is 20.4 Å². The summed E-state index contributed by atoms with van der Waals surface area (Å²) in [5, 5.41) is 35.0. The van der Waals surface area contributed by atoms with Crippen LogP contribution in [0.15, 0.2) is 23.3 Å². The van der Waals surface area contributed by atoms with Gasteiger partial charge >= 0.3 is 5.69 Å². The Bertz CT molecular complexity index is 366. The number of hydrogen-bond donors (Lipinski definition) is 5. The minimum Gasteiger partial charge on any atom is -0.394 e. The number of aromatic nitrogens is 2. The fourth-order valence-corrected chi connectivity index (χ4v) is 1.19. The first-order valence-electron chi connectivity index (χ1n) is 4.86. The van der Waals surface area contributed by atoms with Gasteiger partial charge in [0.1, 0.15) is 18.3 Å². The van der Waals surface area contributed by atoms with Crippen LogP contribution in [0.4, 0.5) is 0 Å². The summed E-state index contributed by atoms with van der Waals surface area (Å²) in [4.78, 5) is 15.8. The fraction of sp³-hybridized carbons (Fsp3) is 0.556. The minimum atomic E-state index is -1.38. The molecule has 0 saturated carbocycles. The molecule has 0 spiro atoms. The van der Waals surface area contributed by atoms with Gasteiger partial charge in [0.25, 0.3) is 0 Å². The number of aliphatic hydroxyl groups is 4. The van der Waals surface area contributed by atoms with Crippen molar-refractivity contribution in [3.05, 3.63) is 28.9 Å². The van der Waals surface area contributed by atoms with Gasteiger partial charge in [0.2, 0.25) is 0 Å². The summed E-state index contributed by atoms with van der Waals surface area (Å²) in [6.07, 6.45) is -1.77. The van der Waals surface area contributed by atoms with Crippen LogP contribution in [0.2, 0.25) is 0 Å². The first-order valence-corrected chi connectivity index (χ1v) is 4.86. The summed E-state index contributed by atoms with van der Waals surface area (Å²) < 4.78 is 4.54. The van der Waals surface area contributed by atoms with E-state index in [2.05, 4.69) is 14.7 Å². The molecule has 2 heterocycles. The summed E-state index contributed by atoms with van der Waals surface area (Å²) >= 11 is 0. The molecule has 17 heavy (non-hydrogen) atoms. The molecule has 5 N–H and O–H groups in total. The van der Waals surface area contributed by atoms with Crippen LogP contribution in [0.5, 0.6) is 0 Å². The van der Waals surface area contributed by atoms with Crippen molar-refractivity contribution in [2.75, 3.05) is 6.61 Å². The van der Waals surface area contributed by atoms with Gasteiger partial charge in [-0.25, -0.2) is 9.78 Å². The lowest BCUT2D eigenvalue weighted by Gasteiger charge is -2.09. The molecule has 0 bridgehead atoms. The van der Waals surface area contributed by atoms with Crippen LogP contribution >= 0.6 is 0 Å². The molecule has 8 heteroatoms. The third-order valence-corrected chi connectivity index (χ3v) is 2.10. The Morgan fingerprint density at radius 1 is 1.35 bits per heavy atom. The molecule has 96 valence electrons. The molecule has 1 fully saturated rings. The van der Waals surface area contributed by atoms with Crippen LogP contribution in [0.25, 0.3) is 0 Å². The molecule has 1 aromatic rings. The van der Waals surface area contributed by atoms with Gasteiger partial charge in [-0.3, -0.25) is 0 Å². The number of aliphatic hydroxyl groups excluding tert-OH is 4. The predicted octanol–water partition coefficient (Wildman–Crippen LogP) is -2.81. The lowest BCUT2D eigenvalue weighted by molar-refractivity contribution is -0.132. The number of H-pyrrole nitrogens is 1. The van der Waals surface area contributed by atoms with Gasteiger partial charge < -0.3 is 30.1 Å². The number of nitrogens with one attached hydrogen (secondary N) is 1. The monoisotopic (exact) mass is 246 g/mol. The lowest BCUT2D eigenvalue weighted by atomic mass is 10.1. The van der Waals surface area contributed by atoms with Gasteiger partial charge in [-0.2, -0.15) is 0 Å². The zero-order chi connectivity index (χ0) is 12.8. The van der Waals surface area contributed by atoms with Crippen molar-refractivity contribution in [3.8, 4) is 0 Å². The lowest BCUT2D eigenvalue weighted by Crippen LogP contribution is -2.33. The second-order valence-electron chi connectivity index (χ2n) is 3.32. The third kappa shape index (κ3) is 3.88. The molecular weight excluding hydrogens is 232 g/mol. The van der Waals surface area contributed by atoms with Crippen LogP contribution in [0.1, 0.15) is 0 Å². The minimum absolute atomic E-state index is 0.303. The van der Waals surface area contributed by atoms with Crippen LogP contribution in [0, 0.1) is 0 Å². The molecule has 1 aliphatic rings. The third-order valence-electron chi connectivity index (χ3n) is 2.10. The Labute approximate surface area is 96.1 Å². The van der Waals surface area contributed by atoms with E-state index in [1.54, 1.807) is 6.07 Å². The van der Waals surface area contributed by atoms with Crippen molar-refractivity contribution >= 4 is 0 Å². The summed E-state index contributed by atoms with van der Waals surface area (Å²) in [5.74, 6) is 0. The van der Waals surface area contributed by atoms with E-state index in [9.17, 15) is 4.79 Å². The van der Waals surface area contributed by atoms with E-state index in [1.807, 2.05) is 0 Å². The molecule has 0 radical (unpaired) electrons. The van der Waals surface area contributed by atoms with E-state index >= 15 is 0 Å². The SMILES string of the molecule is O=c1nccc[nH]1.OC[C@H]1OC(O)[C@H](O)[C@@H]1O. The topological polar surface area (TPSA) is 136 Å². The largest absolute Gasteiger partial charge is 0.394 e. The number of hydrogen-bond acceptors (Lipinski definition) is 7. The van der Waals surface area contributed by atoms with E-state index in [1.165, 1.54) is 12.4 Å². The van der Waals surface area contributed by atoms with Crippen molar-refractivity contribution in [2.24, 2.45) is 0 Å². The van der Waals surface area contributed by atoms with Crippen molar-refractivity contribution in [1.82, 2.24) is 9.97 Å². The molecule has 1 saturated heterocycles. The molecule has 8 nitrogen and oxygen atoms in total. The van der Waals surface area contributed by atoms with Crippen molar-refractivity contribution in [2.45, 2.75) is 24.6 Å². The standard InChI is InChI=1S/C5H10O5.C4H4N2O/c6-1-2-3(7)4(8)5(9)10-2;7-4-5-2-1-3-6-4/h2-9H,1H2;1-3H,(H,5,6,7)/t2-,3-,4-,5?;/m1./s1. The molecule has 4 atom stereocenters. The van der Waals surface area contributed by atoms with Gasteiger partial charge in [0.05, 0.1) is 6.61 Å². The second kappa shape index (κ2) is 6.42. The molecule has 0 aliphatic carbocycles. The molecular formula is C9H14N2O6. The van der Waals surface area contributed by atoms with Crippen LogP contribution in [-0.4, -0.2) is 61.6 Å². The maximum Gasteiger partial charge on any atom is 0.344 e. The van der Waals surface area contributed by atoms with Crippen LogP contribution in [0.3, 0.4) is 0 Å². The summed E-state index contributed by atoms with van der Waals surface area (Å²) in [6.45, 7) is -0.407. The highest BCUT2D eigenvalue weighted by Gasteiger charge is 2.41. The van der Waals surface area contributed by atoms with Gasteiger partial charge in [-0.15, -0.1) is 0 Å². The van der Waals surface area contributed by atoms with Crippen molar-refractivity contribution < 1.29 is 25.2 Å². The van der Waals surface area contributed by atoms with Gasteiger partial charge in [0, 0.05) is 12.4 Å². The predicted molar refractivity (Wildman–Crippen MR) is 54.8 cm³/mol. The van der Waals surface area contributed by atoms with E-state index in [-0.39, 0.29) is 5.69 Å².